The van der Waals surface area contributed by atoms with Gasteiger partial charge >= 0.3 is 0 Å². The highest BCUT2D eigenvalue weighted by Gasteiger charge is 2.04. The zero-order valence-electron chi connectivity index (χ0n) is 6.76. The summed E-state index contributed by atoms with van der Waals surface area (Å²) in [5.74, 6) is 0. The van der Waals surface area contributed by atoms with Crippen LogP contribution in [0, 0.1) is 0 Å². The van der Waals surface area contributed by atoms with Gasteiger partial charge < -0.3 is 5.73 Å². The molecule has 0 radical (unpaired) electrons. The number of hydrogen-bond acceptors (Lipinski definition) is 2. The Balaban J connectivity index is 3.43. The lowest BCUT2D eigenvalue weighted by Gasteiger charge is -2.13. The van der Waals surface area contributed by atoms with Gasteiger partial charge in [-0.25, -0.2) is 8.93 Å². The molecule has 0 heterocycles. The van der Waals surface area contributed by atoms with Crippen molar-refractivity contribution in [2.24, 2.45) is 5.73 Å². The van der Waals surface area contributed by atoms with Crippen molar-refractivity contribution in [3.05, 3.63) is 0 Å². The van der Waals surface area contributed by atoms with Crippen LogP contribution in [0.1, 0.15) is 20.3 Å². The van der Waals surface area contributed by atoms with Gasteiger partial charge in [-0.05, 0) is 20.3 Å². The molecule has 0 amide bonds. The lowest BCUT2D eigenvalue weighted by atomic mass is 10.1. The largest absolute Gasteiger partial charge is 0.328 e. The number of rotatable bonds is 4. The summed E-state index contributed by atoms with van der Waals surface area (Å²) >= 11 is 0. The Hall–Kier alpha value is 0.0700. The van der Waals surface area contributed by atoms with Gasteiger partial charge in [-0.1, -0.05) is 0 Å². The maximum atomic E-state index is 10.6. The number of hydrogen-bond donors (Lipinski definition) is 2. The molecule has 0 bridgehead atoms. The van der Waals surface area contributed by atoms with Gasteiger partial charge in [0.25, 0.3) is 0 Å². The van der Waals surface area contributed by atoms with E-state index in [0.717, 1.165) is 6.42 Å². The van der Waals surface area contributed by atoms with E-state index in [9.17, 15) is 4.21 Å². The molecule has 62 valence electrons. The predicted molar refractivity (Wildman–Crippen MR) is 44.9 cm³/mol. The summed E-state index contributed by atoms with van der Waals surface area (Å²) in [6.07, 6.45) is 2.48. The van der Waals surface area contributed by atoms with E-state index in [2.05, 4.69) is 4.72 Å². The molecule has 3 unspecified atom stereocenters. The van der Waals surface area contributed by atoms with Crippen molar-refractivity contribution < 1.29 is 4.21 Å². The molecule has 3 N–H and O–H groups in total. The SMILES string of the molecule is CC(N)CC(C)NS(C)=O. The molecule has 0 rings (SSSR count). The minimum absolute atomic E-state index is 0.172. The molecule has 0 aromatic rings. The summed E-state index contributed by atoms with van der Waals surface area (Å²) in [5, 5.41) is 0. The Bertz CT molecular complexity index is 116. The van der Waals surface area contributed by atoms with Crippen LogP contribution in [-0.4, -0.2) is 22.5 Å². The fraction of sp³-hybridized carbons (Fsp3) is 1.00. The Labute approximate surface area is 65.0 Å². The van der Waals surface area contributed by atoms with Gasteiger partial charge in [-0.3, -0.25) is 0 Å². The predicted octanol–water partition coefficient (Wildman–Crippen LogP) is -0.00470. The first kappa shape index (κ1) is 10.1. The maximum absolute atomic E-state index is 10.6. The average Bonchev–Trinajstić information content (AvgIpc) is 1.58. The molecule has 0 aromatic heterocycles. The zero-order valence-corrected chi connectivity index (χ0v) is 7.57. The third-order valence-electron chi connectivity index (χ3n) is 1.09. The second kappa shape index (κ2) is 4.82. The normalized spacial score (nSPS) is 20.0. The van der Waals surface area contributed by atoms with Crippen LogP contribution in [0.5, 0.6) is 0 Å². The summed E-state index contributed by atoms with van der Waals surface area (Å²) in [6.45, 7) is 3.92. The van der Waals surface area contributed by atoms with E-state index in [0.29, 0.717) is 0 Å². The van der Waals surface area contributed by atoms with Crippen LogP contribution in [0.25, 0.3) is 0 Å². The molecule has 0 saturated carbocycles. The van der Waals surface area contributed by atoms with Crippen molar-refractivity contribution in [3.8, 4) is 0 Å². The van der Waals surface area contributed by atoms with Crippen molar-refractivity contribution in [2.45, 2.75) is 32.4 Å². The maximum Gasteiger partial charge on any atom is 0.0886 e. The van der Waals surface area contributed by atoms with E-state index in [-0.39, 0.29) is 12.1 Å². The van der Waals surface area contributed by atoms with Crippen LogP contribution in [0.15, 0.2) is 0 Å². The van der Waals surface area contributed by atoms with Gasteiger partial charge in [0.05, 0.1) is 11.0 Å². The van der Waals surface area contributed by atoms with Gasteiger partial charge in [-0.2, -0.15) is 0 Å². The van der Waals surface area contributed by atoms with Gasteiger partial charge in [0.1, 0.15) is 0 Å². The smallest absolute Gasteiger partial charge is 0.0886 e. The topological polar surface area (TPSA) is 55.1 Å². The molecule has 3 nitrogen and oxygen atoms in total. The summed E-state index contributed by atoms with van der Waals surface area (Å²) in [5.41, 5.74) is 5.53. The van der Waals surface area contributed by atoms with Crippen LogP contribution >= 0.6 is 0 Å². The summed E-state index contributed by atoms with van der Waals surface area (Å²) < 4.78 is 13.5. The summed E-state index contributed by atoms with van der Waals surface area (Å²) in [4.78, 5) is 0. The molecule has 0 saturated heterocycles. The minimum Gasteiger partial charge on any atom is -0.328 e. The zero-order chi connectivity index (χ0) is 8.15. The van der Waals surface area contributed by atoms with Gasteiger partial charge in [0.2, 0.25) is 0 Å². The van der Waals surface area contributed by atoms with Crippen molar-refractivity contribution >= 4 is 11.0 Å². The van der Waals surface area contributed by atoms with E-state index in [4.69, 9.17) is 5.73 Å². The van der Waals surface area contributed by atoms with Crippen molar-refractivity contribution in [1.29, 1.82) is 0 Å². The van der Waals surface area contributed by atoms with E-state index < -0.39 is 11.0 Å². The van der Waals surface area contributed by atoms with E-state index >= 15 is 0 Å². The van der Waals surface area contributed by atoms with Crippen molar-refractivity contribution in [2.75, 3.05) is 6.26 Å². The van der Waals surface area contributed by atoms with Crippen molar-refractivity contribution in [1.82, 2.24) is 4.72 Å². The molecular weight excluding hydrogens is 148 g/mol. The van der Waals surface area contributed by atoms with Gasteiger partial charge in [0.15, 0.2) is 0 Å². The van der Waals surface area contributed by atoms with Crippen LogP contribution in [-0.2, 0) is 11.0 Å². The van der Waals surface area contributed by atoms with Gasteiger partial charge in [0, 0.05) is 18.3 Å². The molecule has 0 aliphatic carbocycles. The Morgan fingerprint density at radius 2 is 2.10 bits per heavy atom. The molecule has 0 aromatic carbocycles. The van der Waals surface area contributed by atoms with E-state index in [1.54, 1.807) is 6.26 Å². The Morgan fingerprint density at radius 1 is 1.60 bits per heavy atom. The third kappa shape index (κ3) is 6.19. The second-order valence-corrected chi connectivity index (χ2v) is 3.83. The summed E-state index contributed by atoms with van der Waals surface area (Å²) in [6, 6.07) is 0.414. The van der Waals surface area contributed by atoms with Crippen LogP contribution in [0.4, 0.5) is 0 Å². The van der Waals surface area contributed by atoms with E-state index in [1.165, 1.54) is 0 Å². The molecule has 0 aliphatic rings. The van der Waals surface area contributed by atoms with Crippen LogP contribution < -0.4 is 10.5 Å². The molecule has 0 spiro atoms. The highest BCUT2D eigenvalue weighted by molar-refractivity contribution is 7.82. The minimum atomic E-state index is -0.918. The number of nitrogens with two attached hydrogens (primary N) is 1. The number of nitrogens with one attached hydrogen (secondary N) is 1. The third-order valence-corrected chi connectivity index (χ3v) is 1.83. The average molecular weight is 164 g/mol. The lowest BCUT2D eigenvalue weighted by molar-refractivity contribution is 0.546. The van der Waals surface area contributed by atoms with E-state index in [1.807, 2.05) is 13.8 Å². The Morgan fingerprint density at radius 3 is 2.40 bits per heavy atom. The van der Waals surface area contributed by atoms with Crippen LogP contribution in [0.2, 0.25) is 0 Å². The second-order valence-electron chi connectivity index (χ2n) is 2.69. The monoisotopic (exact) mass is 164 g/mol. The summed E-state index contributed by atoms with van der Waals surface area (Å²) in [7, 11) is -0.918. The molecule has 0 aliphatic heterocycles. The first-order chi connectivity index (χ1) is 4.52. The molecule has 10 heavy (non-hydrogen) atoms. The highest BCUT2D eigenvalue weighted by atomic mass is 32.2. The lowest BCUT2D eigenvalue weighted by Crippen LogP contribution is -2.32. The first-order valence-corrected chi connectivity index (χ1v) is 4.93. The molecular formula is C6H16N2OS. The fourth-order valence-electron chi connectivity index (χ4n) is 0.889. The standard InChI is InChI=1S/C6H16N2OS/c1-5(7)4-6(2)8-10(3)9/h5-6,8H,4,7H2,1-3H3. The van der Waals surface area contributed by atoms with Gasteiger partial charge in [-0.15, -0.1) is 0 Å². The molecule has 0 fully saturated rings. The molecule has 3 atom stereocenters. The Kier molecular flexibility index (Phi) is 4.85. The van der Waals surface area contributed by atoms with Crippen LogP contribution in [0.3, 0.4) is 0 Å². The highest BCUT2D eigenvalue weighted by Crippen LogP contribution is 1.93. The van der Waals surface area contributed by atoms with Crippen molar-refractivity contribution in [3.63, 3.8) is 0 Å². The first-order valence-electron chi connectivity index (χ1n) is 3.37. The molecule has 4 heteroatoms. The fourth-order valence-corrected chi connectivity index (χ4v) is 1.55. The quantitative estimate of drug-likeness (QED) is 0.614.